The summed E-state index contributed by atoms with van der Waals surface area (Å²) in [6.45, 7) is 5.36. The molecule has 0 unspecified atom stereocenters. The van der Waals surface area contributed by atoms with Gasteiger partial charge >= 0.3 is 5.69 Å². The summed E-state index contributed by atoms with van der Waals surface area (Å²) in [4.78, 5) is 19.6. The van der Waals surface area contributed by atoms with Gasteiger partial charge in [-0.25, -0.2) is 4.79 Å². The second-order valence-electron chi connectivity index (χ2n) is 7.32. The first-order valence-electron chi connectivity index (χ1n) is 10.0. The average Bonchev–Trinajstić information content (AvgIpc) is 3.20. The van der Waals surface area contributed by atoms with Gasteiger partial charge in [0.15, 0.2) is 0 Å². The molecule has 0 bridgehead atoms. The number of fused-ring (bicyclic) bond motifs is 1. The Morgan fingerprint density at radius 2 is 1.96 bits per heavy atom. The molecule has 2 aliphatic rings. The number of ether oxygens (including phenoxy) is 1. The van der Waals surface area contributed by atoms with E-state index in [9.17, 15) is 4.79 Å². The molecule has 0 saturated carbocycles. The van der Waals surface area contributed by atoms with Crippen molar-refractivity contribution < 1.29 is 4.74 Å². The summed E-state index contributed by atoms with van der Waals surface area (Å²) in [5.74, 6) is 0.736. The molecule has 1 fully saturated rings. The van der Waals surface area contributed by atoms with E-state index in [-0.39, 0.29) is 5.69 Å². The van der Waals surface area contributed by atoms with Crippen LogP contribution in [0.2, 0.25) is 5.02 Å². The van der Waals surface area contributed by atoms with E-state index >= 15 is 0 Å². The number of nitrogens with zero attached hydrogens (tertiary/aromatic N) is 3. The number of aromatic nitrogens is 2. The van der Waals surface area contributed by atoms with Gasteiger partial charge in [-0.2, -0.15) is 4.98 Å². The summed E-state index contributed by atoms with van der Waals surface area (Å²) >= 11 is 7.91. The van der Waals surface area contributed by atoms with Gasteiger partial charge in [0.05, 0.1) is 13.2 Å². The smallest absolute Gasteiger partial charge is 0.348 e. The number of halogens is 1. The van der Waals surface area contributed by atoms with Crippen molar-refractivity contribution in [2.24, 2.45) is 0 Å². The van der Waals surface area contributed by atoms with Crippen molar-refractivity contribution in [2.45, 2.75) is 43.0 Å². The van der Waals surface area contributed by atoms with E-state index < -0.39 is 0 Å². The normalized spacial score (nSPS) is 17.0. The van der Waals surface area contributed by atoms with Crippen molar-refractivity contribution in [1.29, 1.82) is 0 Å². The van der Waals surface area contributed by atoms with Gasteiger partial charge in [-0.1, -0.05) is 29.8 Å². The summed E-state index contributed by atoms with van der Waals surface area (Å²) in [7, 11) is 0. The molecule has 1 aromatic heterocycles. The summed E-state index contributed by atoms with van der Waals surface area (Å²) in [6.07, 6.45) is 4.06. The molecule has 150 valence electrons. The minimum absolute atomic E-state index is 0.107. The van der Waals surface area contributed by atoms with Gasteiger partial charge in [-0.3, -0.25) is 9.47 Å². The maximum Gasteiger partial charge on any atom is 0.348 e. The lowest BCUT2D eigenvalue weighted by atomic mass is 10.2. The zero-order valence-electron chi connectivity index (χ0n) is 16.0. The number of morpholine rings is 1. The third kappa shape index (κ3) is 4.62. The number of thioether (sulfide) groups is 1. The highest BCUT2D eigenvalue weighted by atomic mass is 35.5. The molecule has 0 spiro atoms. The van der Waals surface area contributed by atoms with Crippen LogP contribution in [0.25, 0.3) is 0 Å². The first kappa shape index (κ1) is 20.0. The first-order chi connectivity index (χ1) is 13.7. The maximum absolute atomic E-state index is 12.7. The van der Waals surface area contributed by atoms with Gasteiger partial charge in [0.2, 0.25) is 0 Å². The monoisotopic (exact) mass is 419 g/mol. The van der Waals surface area contributed by atoms with Crippen LogP contribution in [0, 0.1) is 0 Å². The Morgan fingerprint density at radius 1 is 1.14 bits per heavy atom. The molecule has 2 heterocycles. The van der Waals surface area contributed by atoms with Crippen molar-refractivity contribution >= 4 is 23.4 Å². The van der Waals surface area contributed by atoms with E-state index in [0.29, 0.717) is 0 Å². The summed E-state index contributed by atoms with van der Waals surface area (Å²) < 4.78 is 7.32. The summed E-state index contributed by atoms with van der Waals surface area (Å²) in [5.41, 5.74) is 3.44. The minimum Gasteiger partial charge on any atom is -0.379 e. The standard InChI is InChI=1S/C21H26ClN3O2S/c22-18-7-2-1-5-16(18)15-28-20-17-6-3-8-19(17)25(21(26)23-20)10-4-9-24-11-13-27-14-12-24/h1-2,5,7H,3-4,6,8-15H2. The van der Waals surface area contributed by atoms with Crippen LogP contribution in [0.1, 0.15) is 29.7 Å². The van der Waals surface area contributed by atoms with Crippen LogP contribution < -0.4 is 5.69 Å². The largest absolute Gasteiger partial charge is 0.379 e. The van der Waals surface area contributed by atoms with E-state index in [0.717, 1.165) is 86.4 Å². The molecule has 1 saturated heterocycles. The van der Waals surface area contributed by atoms with Crippen molar-refractivity contribution in [3.8, 4) is 0 Å². The van der Waals surface area contributed by atoms with Crippen LogP contribution in [0.5, 0.6) is 0 Å². The number of benzene rings is 1. The van der Waals surface area contributed by atoms with E-state index in [2.05, 4.69) is 9.88 Å². The van der Waals surface area contributed by atoms with Crippen molar-refractivity contribution in [3.63, 3.8) is 0 Å². The predicted molar refractivity (Wildman–Crippen MR) is 113 cm³/mol. The van der Waals surface area contributed by atoms with Gasteiger partial charge in [0.25, 0.3) is 0 Å². The van der Waals surface area contributed by atoms with E-state index in [1.54, 1.807) is 11.8 Å². The Bertz CT molecular complexity index is 880. The fourth-order valence-corrected chi connectivity index (χ4v) is 5.34. The molecule has 28 heavy (non-hydrogen) atoms. The molecule has 0 radical (unpaired) electrons. The second kappa shape index (κ2) is 9.44. The zero-order valence-corrected chi connectivity index (χ0v) is 17.6. The lowest BCUT2D eigenvalue weighted by Gasteiger charge is -2.26. The number of rotatable bonds is 7. The fourth-order valence-electron chi connectivity index (χ4n) is 3.97. The molecular weight excluding hydrogens is 394 g/mol. The molecule has 2 aromatic rings. The lowest BCUT2D eigenvalue weighted by Crippen LogP contribution is -2.37. The molecule has 1 aliphatic carbocycles. The highest BCUT2D eigenvalue weighted by Crippen LogP contribution is 2.32. The minimum atomic E-state index is -0.107. The second-order valence-corrected chi connectivity index (χ2v) is 8.69. The Balaban J connectivity index is 1.45. The van der Waals surface area contributed by atoms with Crippen molar-refractivity contribution in [3.05, 3.63) is 56.6 Å². The van der Waals surface area contributed by atoms with E-state index in [1.807, 2.05) is 28.8 Å². The quantitative estimate of drug-likeness (QED) is 0.508. The van der Waals surface area contributed by atoms with Crippen LogP contribution in [0.4, 0.5) is 0 Å². The van der Waals surface area contributed by atoms with Gasteiger partial charge in [-0.05, 0) is 37.3 Å². The molecule has 0 N–H and O–H groups in total. The van der Waals surface area contributed by atoms with Crippen LogP contribution in [-0.4, -0.2) is 47.3 Å². The van der Waals surface area contributed by atoms with Gasteiger partial charge in [-0.15, -0.1) is 11.8 Å². The first-order valence-corrected chi connectivity index (χ1v) is 11.4. The number of hydrogen-bond donors (Lipinski definition) is 0. The Hall–Kier alpha value is -1.34. The Morgan fingerprint density at radius 3 is 2.79 bits per heavy atom. The highest BCUT2D eigenvalue weighted by molar-refractivity contribution is 7.98. The van der Waals surface area contributed by atoms with Gasteiger partial charge in [0, 0.05) is 48.2 Å². The maximum atomic E-state index is 12.7. The average molecular weight is 420 g/mol. The zero-order chi connectivity index (χ0) is 19.3. The fraction of sp³-hybridized carbons (Fsp3) is 0.524. The summed E-state index contributed by atoms with van der Waals surface area (Å²) in [5, 5.41) is 1.66. The molecule has 5 nitrogen and oxygen atoms in total. The lowest BCUT2D eigenvalue weighted by molar-refractivity contribution is 0.0368. The molecule has 4 rings (SSSR count). The van der Waals surface area contributed by atoms with Crippen molar-refractivity contribution in [2.75, 3.05) is 32.8 Å². The number of hydrogen-bond acceptors (Lipinski definition) is 5. The van der Waals surface area contributed by atoms with E-state index in [1.165, 1.54) is 11.3 Å². The van der Waals surface area contributed by atoms with Gasteiger partial charge < -0.3 is 4.74 Å². The Labute approximate surface area is 175 Å². The van der Waals surface area contributed by atoms with Crippen LogP contribution in [-0.2, 0) is 29.9 Å². The van der Waals surface area contributed by atoms with E-state index in [4.69, 9.17) is 16.3 Å². The van der Waals surface area contributed by atoms with Crippen LogP contribution in [0.15, 0.2) is 34.1 Å². The third-order valence-electron chi connectivity index (χ3n) is 5.48. The molecule has 0 atom stereocenters. The molecule has 1 aliphatic heterocycles. The Kier molecular flexibility index (Phi) is 6.73. The summed E-state index contributed by atoms with van der Waals surface area (Å²) in [6, 6.07) is 7.86. The van der Waals surface area contributed by atoms with Crippen molar-refractivity contribution in [1.82, 2.24) is 14.5 Å². The van der Waals surface area contributed by atoms with Crippen LogP contribution in [0.3, 0.4) is 0 Å². The molecular formula is C21H26ClN3O2S. The molecule has 7 heteroatoms. The SMILES string of the molecule is O=c1nc(SCc2ccccc2Cl)c2c(n1CCCN1CCOCC1)CCC2. The highest BCUT2D eigenvalue weighted by Gasteiger charge is 2.22. The van der Waals surface area contributed by atoms with Crippen LogP contribution >= 0.6 is 23.4 Å². The predicted octanol–water partition coefficient (Wildman–Crippen LogP) is 3.40. The molecule has 1 aromatic carbocycles. The third-order valence-corrected chi connectivity index (χ3v) is 6.92. The topological polar surface area (TPSA) is 47.4 Å². The molecule has 0 amide bonds. The van der Waals surface area contributed by atoms with Gasteiger partial charge in [0.1, 0.15) is 5.03 Å².